The zero-order valence-corrected chi connectivity index (χ0v) is 12.0. The summed E-state index contributed by atoms with van der Waals surface area (Å²) in [7, 11) is 0. The molecule has 0 fully saturated rings. The minimum absolute atomic E-state index is 0.0246. The summed E-state index contributed by atoms with van der Waals surface area (Å²) in [5.74, 6) is 0.105. The average Bonchev–Trinajstić information content (AvgIpc) is 2.74. The van der Waals surface area contributed by atoms with E-state index in [0.717, 1.165) is 6.07 Å². The molecule has 2 heterocycles. The van der Waals surface area contributed by atoms with Crippen LogP contribution in [0.5, 0.6) is 0 Å². The third-order valence-electron chi connectivity index (χ3n) is 3.00. The van der Waals surface area contributed by atoms with Gasteiger partial charge in [-0.3, -0.25) is 9.55 Å². The summed E-state index contributed by atoms with van der Waals surface area (Å²) in [5, 5.41) is 0. The Hall–Kier alpha value is -2.09. The number of anilines is 1. The highest BCUT2D eigenvalue weighted by Gasteiger charge is 2.33. The molecule has 0 saturated carbocycles. The first-order chi connectivity index (χ1) is 9.88. The van der Waals surface area contributed by atoms with Crippen molar-refractivity contribution in [2.75, 3.05) is 5.73 Å². The van der Waals surface area contributed by atoms with Crippen molar-refractivity contribution in [3.63, 3.8) is 0 Å². The molecule has 1 aromatic carbocycles. The number of hydrogen-bond donors (Lipinski definition) is 1. The first-order valence-electron chi connectivity index (χ1n) is 5.83. The molecule has 21 heavy (non-hydrogen) atoms. The van der Waals surface area contributed by atoms with E-state index in [2.05, 4.69) is 25.9 Å². The van der Waals surface area contributed by atoms with Gasteiger partial charge in [0.1, 0.15) is 5.52 Å². The lowest BCUT2D eigenvalue weighted by Gasteiger charge is -2.13. The second kappa shape index (κ2) is 4.73. The number of pyridine rings is 1. The van der Waals surface area contributed by atoms with Crippen LogP contribution in [0.3, 0.4) is 0 Å². The molecule has 0 saturated heterocycles. The number of alkyl halides is 3. The van der Waals surface area contributed by atoms with Crippen molar-refractivity contribution >= 4 is 32.9 Å². The smallest absolute Gasteiger partial charge is 0.369 e. The molecular formula is C13H8BrF3N4. The van der Waals surface area contributed by atoms with E-state index in [1.165, 1.54) is 29.1 Å². The SMILES string of the molecule is Nc1nc2cnccc2n1-c1ccc(Br)c(C(F)(F)F)c1. The van der Waals surface area contributed by atoms with Crippen LogP contribution in [0, 0.1) is 0 Å². The number of rotatable bonds is 1. The van der Waals surface area contributed by atoms with E-state index in [-0.39, 0.29) is 16.1 Å². The molecule has 0 aliphatic heterocycles. The lowest BCUT2D eigenvalue weighted by Crippen LogP contribution is -2.08. The number of fused-ring (bicyclic) bond motifs is 1. The summed E-state index contributed by atoms with van der Waals surface area (Å²) in [5.41, 5.74) is 6.45. The van der Waals surface area contributed by atoms with Gasteiger partial charge < -0.3 is 5.73 Å². The van der Waals surface area contributed by atoms with E-state index < -0.39 is 11.7 Å². The van der Waals surface area contributed by atoms with Crippen LogP contribution in [-0.2, 0) is 6.18 Å². The Morgan fingerprint density at radius 3 is 2.67 bits per heavy atom. The predicted molar refractivity (Wildman–Crippen MR) is 76.0 cm³/mol. The zero-order valence-electron chi connectivity index (χ0n) is 10.4. The molecule has 0 amide bonds. The van der Waals surface area contributed by atoms with Crippen LogP contribution in [0.1, 0.15) is 5.56 Å². The monoisotopic (exact) mass is 356 g/mol. The molecule has 0 radical (unpaired) electrons. The van der Waals surface area contributed by atoms with Crippen molar-refractivity contribution in [1.29, 1.82) is 0 Å². The highest BCUT2D eigenvalue weighted by Crippen LogP contribution is 2.36. The van der Waals surface area contributed by atoms with E-state index in [1.807, 2.05) is 0 Å². The third-order valence-corrected chi connectivity index (χ3v) is 3.69. The molecule has 2 N–H and O–H groups in total. The van der Waals surface area contributed by atoms with Gasteiger partial charge in [-0.2, -0.15) is 13.2 Å². The Kier molecular flexibility index (Phi) is 3.12. The molecule has 3 aromatic rings. The number of benzene rings is 1. The predicted octanol–water partition coefficient (Wildman–Crippen LogP) is 3.78. The molecule has 0 bridgehead atoms. The Balaban J connectivity index is 2.27. The van der Waals surface area contributed by atoms with Gasteiger partial charge in [0.15, 0.2) is 0 Å². The van der Waals surface area contributed by atoms with Gasteiger partial charge >= 0.3 is 6.18 Å². The number of aromatic nitrogens is 3. The maximum atomic E-state index is 13.0. The molecule has 0 spiro atoms. The van der Waals surface area contributed by atoms with Crippen LogP contribution in [-0.4, -0.2) is 14.5 Å². The molecule has 0 atom stereocenters. The zero-order chi connectivity index (χ0) is 15.2. The molecule has 0 unspecified atom stereocenters. The number of halogens is 4. The van der Waals surface area contributed by atoms with Gasteiger partial charge in [0.25, 0.3) is 0 Å². The minimum Gasteiger partial charge on any atom is -0.369 e. The largest absolute Gasteiger partial charge is 0.417 e. The molecule has 0 aliphatic carbocycles. The van der Waals surface area contributed by atoms with Crippen molar-refractivity contribution in [2.24, 2.45) is 0 Å². The fourth-order valence-corrected chi connectivity index (χ4v) is 2.56. The van der Waals surface area contributed by atoms with Crippen LogP contribution in [0.4, 0.5) is 19.1 Å². The second-order valence-corrected chi connectivity index (χ2v) is 5.19. The second-order valence-electron chi connectivity index (χ2n) is 4.33. The van der Waals surface area contributed by atoms with E-state index in [1.54, 1.807) is 6.07 Å². The van der Waals surface area contributed by atoms with Gasteiger partial charge in [0.05, 0.1) is 17.3 Å². The summed E-state index contributed by atoms with van der Waals surface area (Å²) in [6.45, 7) is 0. The van der Waals surface area contributed by atoms with Crippen LogP contribution in [0.25, 0.3) is 16.7 Å². The molecular weight excluding hydrogens is 349 g/mol. The highest BCUT2D eigenvalue weighted by atomic mass is 79.9. The minimum atomic E-state index is -4.46. The van der Waals surface area contributed by atoms with Crippen molar-refractivity contribution in [3.05, 3.63) is 46.7 Å². The molecule has 2 aromatic heterocycles. The first kappa shape index (κ1) is 13.9. The Bertz CT molecular complexity index is 826. The van der Waals surface area contributed by atoms with E-state index in [9.17, 15) is 13.2 Å². The van der Waals surface area contributed by atoms with Crippen LogP contribution < -0.4 is 5.73 Å². The molecule has 3 rings (SSSR count). The number of nitrogens with zero attached hydrogens (tertiary/aromatic N) is 3. The van der Waals surface area contributed by atoms with Crippen molar-refractivity contribution in [1.82, 2.24) is 14.5 Å². The highest BCUT2D eigenvalue weighted by molar-refractivity contribution is 9.10. The van der Waals surface area contributed by atoms with Gasteiger partial charge in [-0.05, 0) is 24.3 Å². The summed E-state index contributed by atoms with van der Waals surface area (Å²) in [4.78, 5) is 8.00. The summed E-state index contributed by atoms with van der Waals surface area (Å²) < 4.78 is 40.4. The lowest BCUT2D eigenvalue weighted by molar-refractivity contribution is -0.138. The molecule has 8 heteroatoms. The van der Waals surface area contributed by atoms with Crippen LogP contribution >= 0.6 is 15.9 Å². The maximum absolute atomic E-state index is 13.0. The van der Waals surface area contributed by atoms with Crippen molar-refractivity contribution in [3.8, 4) is 5.69 Å². The summed E-state index contributed by atoms with van der Waals surface area (Å²) in [6, 6.07) is 5.55. The lowest BCUT2D eigenvalue weighted by atomic mass is 10.2. The molecule has 0 aliphatic rings. The van der Waals surface area contributed by atoms with Gasteiger partial charge in [0.2, 0.25) is 5.95 Å². The van der Waals surface area contributed by atoms with E-state index in [4.69, 9.17) is 5.73 Å². The number of nitrogens with two attached hydrogens (primary N) is 1. The number of imidazole rings is 1. The normalized spacial score (nSPS) is 12.0. The first-order valence-corrected chi connectivity index (χ1v) is 6.62. The van der Waals surface area contributed by atoms with Crippen LogP contribution in [0.15, 0.2) is 41.1 Å². The van der Waals surface area contributed by atoms with Crippen molar-refractivity contribution in [2.45, 2.75) is 6.18 Å². The van der Waals surface area contributed by atoms with Crippen molar-refractivity contribution < 1.29 is 13.2 Å². The number of hydrogen-bond acceptors (Lipinski definition) is 3. The summed E-state index contributed by atoms with van der Waals surface area (Å²) in [6.07, 6.45) is -1.42. The van der Waals surface area contributed by atoms with Gasteiger partial charge in [-0.25, -0.2) is 4.98 Å². The standard InChI is InChI=1S/C13H8BrF3N4/c14-9-2-1-7(5-8(9)13(15,16)17)21-11-3-4-19-6-10(11)20-12(21)18/h1-6H,(H2,18,20). The van der Waals surface area contributed by atoms with E-state index >= 15 is 0 Å². The van der Waals surface area contributed by atoms with Gasteiger partial charge in [-0.15, -0.1) is 0 Å². The fraction of sp³-hybridized carbons (Fsp3) is 0.0769. The summed E-state index contributed by atoms with van der Waals surface area (Å²) >= 11 is 2.91. The maximum Gasteiger partial charge on any atom is 0.417 e. The quantitative estimate of drug-likeness (QED) is 0.721. The average molecular weight is 357 g/mol. The van der Waals surface area contributed by atoms with E-state index in [0.29, 0.717) is 11.0 Å². The Morgan fingerprint density at radius 2 is 1.95 bits per heavy atom. The molecule has 108 valence electrons. The fourth-order valence-electron chi connectivity index (χ4n) is 2.09. The van der Waals surface area contributed by atoms with Gasteiger partial charge in [0, 0.05) is 16.4 Å². The third kappa shape index (κ3) is 2.35. The Labute approximate surface area is 125 Å². The molecule has 4 nitrogen and oxygen atoms in total. The van der Waals surface area contributed by atoms with Gasteiger partial charge in [-0.1, -0.05) is 15.9 Å². The Morgan fingerprint density at radius 1 is 1.19 bits per heavy atom. The topological polar surface area (TPSA) is 56.7 Å². The van der Waals surface area contributed by atoms with Crippen LogP contribution in [0.2, 0.25) is 0 Å². The number of nitrogen functional groups attached to an aromatic ring is 1.